The van der Waals surface area contributed by atoms with Crippen molar-refractivity contribution in [2.45, 2.75) is 29.4 Å². The van der Waals surface area contributed by atoms with E-state index in [0.29, 0.717) is 22.4 Å². The molecule has 31 heavy (non-hydrogen) atoms. The molecule has 10 heteroatoms. The molecule has 1 aliphatic rings. The molecule has 0 aliphatic carbocycles. The van der Waals surface area contributed by atoms with Gasteiger partial charge in [-0.2, -0.15) is 0 Å². The lowest BCUT2D eigenvalue weighted by Gasteiger charge is -2.26. The van der Waals surface area contributed by atoms with E-state index in [9.17, 15) is 13.2 Å². The van der Waals surface area contributed by atoms with Gasteiger partial charge in [0.15, 0.2) is 0 Å². The first-order valence-electron chi connectivity index (χ1n) is 9.94. The van der Waals surface area contributed by atoms with E-state index in [1.807, 2.05) is 4.90 Å². The highest BCUT2D eigenvalue weighted by molar-refractivity contribution is 7.99. The SMILES string of the molecule is O=C(CSc1nnc(-c2ccc(NS(=O)(=O)c3ccccc3)cc2)o1)N1CCCCC1. The minimum absolute atomic E-state index is 0.0829. The third-order valence-corrected chi connectivity index (χ3v) is 7.07. The molecule has 2 heterocycles. The van der Waals surface area contributed by atoms with E-state index in [0.717, 1.165) is 25.9 Å². The van der Waals surface area contributed by atoms with Crippen molar-refractivity contribution in [2.24, 2.45) is 0 Å². The molecule has 1 fully saturated rings. The normalized spacial score (nSPS) is 14.4. The number of carbonyl (C=O) groups excluding carboxylic acids is 1. The van der Waals surface area contributed by atoms with Crippen LogP contribution in [0, 0.1) is 0 Å². The smallest absolute Gasteiger partial charge is 0.277 e. The fourth-order valence-corrected chi connectivity index (χ4v) is 4.98. The van der Waals surface area contributed by atoms with Crippen LogP contribution in [0.15, 0.2) is 69.1 Å². The summed E-state index contributed by atoms with van der Waals surface area (Å²) in [5, 5.41) is 8.35. The van der Waals surface area contributed by atoms with E-state index >= 15 is 0 Å². The number of anilines is 1. The summed E-state index contributed by atoms with van der Waals surface area (Å²) < 4.78 is 33.0. The van der Waals surface area contributed by atoms with E-state index in [-0.39, 0.29) is 16.6 Å². The molecule has 1 amide bonds. The number of amides is 1. The van der Waals surface area contributed by atoms with Crippen molar-refractivity contribution in [1.82, 2.24) is 15.1 Å². The van der Waals surface area contributed by atoms with Crippen LogP contribution < -0.4 is 4.72 Å². The number of nitrogens with zero attached hydrogens (tertiary/aromatic N) is 3. The minimum Gasteiger partial charge on any atom is -0.411 e. The van der Waals surface area contributed by atoms with E-state index in [2.05, 4.69) is 14.9 Å². The Labute approximate surface area is 185 Å². The maximum atomic E-state index is 12.4. The van der Waals surface area contributed by atoms with Gasteiger partial charge in [0.05, 0.1) is 10.6 Å². The summed E-state index contributed by atoms with van der Waals surface area (Å²) in [4.78, 5) is 14.3. The van der Waals surface area contributed by atoms with Crippen molar-refractivity contribution in [2.75, 3.05) is 23.6 Å². The number of nitrogens with one attached hydrogen (secondary N) is 1. The van der Waals surface area contributed by atoms with Crippen LogP contribution in [0.2, 0.25) is 0 Å². The summed E-state index contributed by atoms with van der Waals surface area (Å²) in [7, 11) is -3.65. The molecule has 4 rings (SSSR count). The summed E-state index contributed by atoms with van der Waals surface area (Å²) in [6.07, 6.45) is 3.29. The summed E-state index contributed by atoms with van der Waals surface area (Å²) in [5.41, 5.74) is 1.08. The average molecular weight is 459 g/mol. The molecule has 1 aliphatic heterocycles. The highest BCUT2D eigenvalue weighted by Gasteiger charge is 2.18. The molecular formula is C21H22N4O4S2. The molecule has 0 spiro atoms. The van der Waals surface area contributed by atoms with Gasteiger partial charge in [0.1, 0.15) is 0 Å². The zero-order chi connectivity index (χ0) is 21.7. The summed E-state index contributed by atoms with van der Waals surface area (Å²) in [6, 6.07) is 14.8. The monoisotopic (exact) mass is 458 g/mol. The number of rotatable bonds is 7. The fraction of sp³-hybridized carbons (Fsp3) is 0.286. The van der Waals surface area contributed by atoms with Gasteiger partial charge in [-0.3, -0.25) is 9.52 Å². The standard InChI is InChI=1S/C21H22N4O4S2/c26-19(25-13-5-2-6-14-25)15-30-21-23-22-20(29-21)16-9-11-17(12-10-16)24-31(27,28)18-7-3-1-4-8-18/h1,3-4,7-12,24H,2,5-6,13-15H2. The first-order valence-corrected chi connectivity index (χ1v) is 12.4. The van der Waals surface area contributed by atoms with Crippen molar-refractivity contribution in [3.8, 4) is 11.5 Å². The molecule has 1 saturated heterocycles. The van der Waals surface area contributed by atoms with E-state index < -0.39 is 10.0 Å². The molecule has 0 atom stereocenters. The molecule has 1 aromatic heterocycles. The lowest BCUT2D eigenvalue weighted by atomic mass is 10.1. The first kappa shape index (κ1) is 21.4. The topological polar surface area (TPSA) is 105 Å². The Morgan fingerprint density at radius 1 is 1.00 bits per heavy atom. The van der Waals surface area contributed by atoms with E-state index in [1.54, 1.807) is 42.5 Å². The van der Waals surface area contributed by atoms with Gasteiger partial charge in [0, 0.05) is 24.3 Å². The Morgan fingerprint density at radius 2 is 1.71 bits per heavy atom. The van der Waals surface area contributed by atoms with Gasteiger partial charge in [-0.05, 0) is 55.7 Å². The number of piperidine rings is 1. The van der Waals surface area contributed by atoms with E-state index in [1.165, 1.54) is 30.3 Å². The minimum atomic E-state index is -3.65. The second-order valence-electron chi connectivity index (χ2n) is 7.10. The number of hydrogen-bond donors (Lipinski definition) is 1. The number of likely N-dealkylation sites (tertiary alicyclic amines) is 1. The highest BCUT2D eigenvalue weighted by atomic mass is 32.2. The maximum Gasteiger partial charge on any atom is 0.277 e. The number of aromatic nitrogens is 2. The molecule has 8 nitrogen and oxygen atoms in total. The molecule has 1 N–H and O–H groups in total. The molecule has 0 unspecified atom stereocenters. The lowest BCUT2D eigenvalue weighted by Crippen LogP contribution is -2.36. The van der Waals surface area contributed by atoms with Crippen LogP contribution in [0.3, 0.4) is 0 Å². The third kappa shape index (κ3) is 5.45. The Bertz CT molecular complexity index is 1130. The highest BCUT2D eigenvalue weighted by Crippen LogP contribution is 2.25. The van der Waals surface area contributed by atoms with Crippen molar-refractivity contribution in [3.63, 3.8) is 0 Å². The first-order chi connectivity index (χ1) is 15.0. The number of hydrogen-bond acceptors (Lipinski definition) is 7. The van der Waals surface area contributed by atoms with E-state index in [4.69, 9.17) is 4.42 Å². The molecule has 3 aromatic rings. The van der Waals surface area contributed by atoms with Crippen LogP contribution in [0.5, 0.6) is 0 Å². The molecule has 2 aromatic carbocycles. The number of carbonyl (C=O) groups is 1. The Kier molecular flexibility index (Phi) is 6.57. The van der Waals surface area contributed by atoms with Gasteiger partial charge in [0.25, 0.3) is 15.2 Å². The second kappa shape index (κ2) is 9.52. The molecule has 0 saturated carbocycles. The van der Waals surface area contributed by atoms with Gasteiger partial charge in [-0.15, -0.1) is 10.2 Å². The van der Waals surface area contributed by atoms with Crippen molar-refractivity contribution in [1.29, 1.82) is 0 Å². The second-order valence-corrected chi connectivity index (χ2v) is 9.71. The Hall–Kier alpha value is -2.85. The van der Waals surface area contributed by atoms with Gasteiger partial charge in [-0.1, -0.05) is 30.0 Å². The summed E-state index contributed by atoms with van der Waals surface area (Å²) in [5.74, 6) is 0.659. The van der Waals surface area contributed by atoms with Gasteiger partial charge in [0.2, 0.25) is 11.8 Å². The maximum absolute atomic E-state index is 12.4. The largest absolute Gasteiger partial charge is 0.411 e. The molecule has 0 radical (unpaired) electrons. The zero-order valence-corrected chi connectivity index (χ0v) is 18.4. The lowest BCUT2D eigenvalue weighted by molar-refractivity contribution is -0.129. The molecule has 0 bridgehead atoms. The van der Waals surface area contributed by atoms with Gasteiger partial charge >= 0.3 is 0 Å². The van der Waals surface area contributed by atoms with Crippen molar-refractivity contribution in [3.05, 3.63) is 54.6 Å². The third-order valence-electron chi connectivity index (χ3n) is 4.87. The van der Waals surface area contributed by atoms with Gasteiger partial charge < -0.3 is 9.32 Å². The summed E-state index contributed by atoms with van der Waals surface area (Å²) >= 11 is 1.22. The van der Waals surface area contributed by atoms with Crippen LogP contribution >= 0.6 is 11.8 Å². The zero-order valence-electron chi connectivity index (χ0n) is 16.7. The van der Waals surface area contributed by atoms with Crippen molar-refractivity contribution >= 4 is 33.4 Å². The van der Waals surface area contributed by atoms with Gasteiger partial charge in [-0.25, -0.2) is 8.42 Å². The average Bonchev–Trinajstić information content (AvgIpc) is 3.28. The fourth-order valence-electron chi connectivity index (χ4n) is 3.24. The number of thioether (sulfide) groups is 1. The van der Waals surface area contributed by atoms with Crippen LogP contribution in [0.4, 0.5) is 5.69 Å². The number of benzene rings is 2. The van der Waals surface area contributed by atoms with Crippen molar-refractivity contribution < 1.29 is 17.6 Å². The van der Waals surface area contributed by atoms with Crippen LogP contribution in [-0.2, 0) is 14.8 Å². The van der Waals surface area contributed by atoms with Crippen LogP contribution in [0.25, 0.3) is 11.5 Å². The predicted octanol–water partition coefficient (Wildman–Crippen LogP) is 3.64. The summed E-state index contributed by atoms with van der Waals surface area (Å²) in [6.45, 7) is 1.63. The molecular weight excluding hydrogens is 436 g/mol. The Balaban J connectivity index is 1.36. The Morgan fingerprint density at radius 3 is 2.42 bits per heavy atom. The predicted molar refractivity (Wildman–Crippen MR) is 118 cm³/mol. The number of sulfonamides is 1. The van der Waals surface area contributed by atoms with Crippen LogP contribution in [0.1, 0.15) is 19.3 Å². The molecule has 162 valence electrons. The van der Waals surface area contributed by atoms with Crippen LogP contribution in [-0.4, -0.2) is 48.3 Å². The quantitative estimate of drug-likeness (QED) is 0.539.